The SMILES string of the molecule is O=C(Cc1nc2ccc(OCCO)nc2s1)/C(=N/N1CCOCC1)c1ccc(S(=O)(=O)[C@H]2CCOC2)cc1. The second-order valence-electron chi connectivity index (χ2n) is 8.82. The average Bonchev–Trinajstić information content (AvgIpc) is 3.61. The minimum Gasteiger partial charge on any atom is -0.475 e. The van der Waals surface area contributed by atoms with Gasteiger partial charge in [-0.1, -0.05) is 23.5 Å². The number of rotatable bonds is 10. The van der Waals surface area contributed by atoms with E-state index in [-0.39, 0.29) is 42.6 Å². The van der Waals surface area contributed by atoms with Gasteiger partial charge in [-0.05, 0) is 24.6 Å². The third kappa shape index (κ3) is 6.02. The Bertz CT molecular complexity index is 1410. The smallest absolute Gasteiger partial charge is 0.214 e. The van der Waals surface area contributed by atoms with Crippen molar-refractivity contribution in [2.45, 2.75) is 23.0 Å². The molecule has 1 atom stereocenters. The Balaban J connectivity index is 1.40. The van der Waals surface area contributed by atoms with Crippen molar-refractivity contribution >= 4 is 43.0 Å². The van der Waals surface area contributed by atoms with Crippen molar-refractivity contribution in [1.82, 2.24) is 15.0 Å². The zero-order valence-corrected chi connectivity index (χ0v) is 22.2. The number of fused-ring (bicyclic) bond motifs is 1. The average molecular weight is 561 g/mol. The van der Waals surface area contributed by atoms with Gasteiger partial charge >= 0.3 is 0 Å². The number of hydrogen-bond donors (Lipinski definition) is 1. The Morgan fingerprint density at radius 3 is 2.61 bits per heavy atom. The van der Waals surface area contributed by atoms with Gasteiger partial charge in [0.15, 0.2) is 15.6 Å². The maximum absolute atomic E-state index is 13.5. The fourth-order valence-corrected chi connectivity index (χ4v) is 6.70. The van der Waals surface area contributed by atoms with Crippen LogP contribution in [-0.4, -0.2) is 98.0 Å². The van der Waals surface area contributed by atoms with Gasteiger partial charge in [0.1, 0.15) is 27.7 Å². The number of aliphatic hydroxyl groups is 1. The van der Waals surface area contributed by atoms with Crippen LogP contribution in [0.3, 0.4) is 0 Å². The first kappa shape index (κ1) is 26.6. The number of Topliss-reactive ketones (excluding diaryl/α,β-unsaturated/α-hetero) is 1. The standard InChI is InChI=1S/C25H28N4O7S2/c30-10-14-36-22-6-5-20-25(27-22)37-23(26-20)15-21(31)24(28-29-8-12-34-13-9-29)17-1-3-18(4-2-17)38(32,33)19-7-11-35-16-19/h1-6,19,30H,7-16H2/b28-24+/t19-/m0/s1. The maximum atomic E-state index is 13.5. The minimum atomic E-state index is -3.52. The molecule has 4 heterocycles. The monoisotopic (exact) mass is 560 g/mol. The molecule has 2 aliphatic rings. The Labute approximate surface area is 224 Å². The van der Waals surface area contributed by atoms with Gasteiger partial charge in [-0.25, -0.2) is 18.4 Å². The van der Waals surface area contributed by atoms with Crippen molar-refractivity contribution in [3.8, 4) is 5.88 Å². The van der Waals surface area contributed by atoms with Crippen LogP contribution in [0.25, 0.3) is 10.3 Å². The first-order valence-electron chi connectivity index (χ1n) is 12.3. The molecule has 2 fully saturated rings. The first-order valence-corrected chi connectivity index (χ1v) is 14.7. The molecule has 38 heavy (non-hydrogen) atoms. The van der Waals surface area contributed by atoms with Gasteiger partial charge in [0.05, 0.1) is 56.1 Å². The number of thiazole rings is 1. The maximum Gasteiger partial charge on any atom is 0.214 e. The number of hydrogen-bond acceptors (Lipinski definition) is 12. The van der Waals surface area contributed by atoms with Crippen LogP contribution in [0.4, 0.5) is 0 Å². The summed E-state index contributed by atoms with van der Waals surface area (Å²) >= 11 is 1.29. The van der Waals surface area contributed by atoms with Gasteiger partial charge in [0.2, 0.25) is 5.88 Å². The zero-order chi connectivity index (χ0) is 26.5. The lowest BCUT2D eigenvalue weighted by atomic mass is 10.0. The summed E-state index contributed by atoms with van der Waals surface area (Å²) in [5.41, 5.74) is 1.41. The molecule has 2 aromatic heterocycles. The van der Waals surface area contributed by atoms with E-state index in [0.29, 0.717) is 66.1 Å². The number of benzene rings is 1. The highest BCUT2D eigenvalue weighted by atomic mass is 32.2. The fourth-order valence-electron chi connectivity index (χ4n) is 4.19. The van der Waals surface area contributed by atoms with Crippen LogP contribution in [0.1, 0.15) is 17.0 Å². The molecule has 0 bridgehead atoms. The summed E-state index contributed by atoms with van der Waals surface area (Å²) in [6, 6.07) is 9.75. The number of carbonyl (C=O) groups is 1. The van der Waals surface area contributed by atoms with E-state index in [4.69, 9.17) is 19.3 Å². The summed E-state index contributed by atoms with van der Waals surface area (Å²) in [6.45, 7) is 2.77. The Morgan fingerprint density at radius 2 is 1.89 bits per heavy atom. The molecule has 5 rings (SSSR count). The summed E-state index contributed by atoms with van der Waals surface area (Å²) in [6.07, 6.45) is 0.481. The van der Waals surface area contributed by atoms with Gasteiger partial charge in [0, 0.05) is 18.2 Å². The van der Waals surface area contributed by atoms with E-state index in [0.717, 1.165) is 0 Å². The second kappa shape index (κ2) is 11.8. The molecule has 202 valence electrons. The molecule has 1 N–H and O–H groups in total. The van der Waals surface area contributed by atoms with E-state index in [1.807, 2.05) is 0 Å². The van der Waals surface area contributed by atoms with E-state index in [1.165, 1.54) is 23.5 Å². The Kier molecular flexibility index (Phi) is 8.29. The molecule has 13 heteroatoms. The predicted molar refractivity (Wildman–Crippen MR) is 140 cm³/mol. The summed E-state index contributed by atoms with van der Waals surface area (Å²) < 4.78 is 41.9. The van der Waals surface area contributed by atoms with Crippen molar-refractivity contribution < 1.29 is 32.5 Å². The van der Waals surface area contributed by atoms with E-state index in [2.05, 4.69) is 15.1 Å². The normalized spacial score (nSPS) is 18.7. The molecule has 0 saturated carbocycles. The molecule has 3 aromatic rings. The highest BCUT2D eigenvalue weighted by molar-refractivity contribution is 7.92. The number of morpholine rings is 1. The minimum absolute atomic E-state index is 0.0104. The molecule has 0 aliphatic carbocycles. The number of hydrazone groups is 1. The van der Waals surface area contributed by atoms with E-state index >= 15 is 0 Å². The largest absolute Gasteiger partial charge is 0.475 e. The quantitative estimate of drug-likeness (QED) is 0.363. The zero-order valence-electron chi connectivity index (χ0n) is 20.6. The van der Waals surface area contributed by atoms with Crippen molar-refractivity contribution in [1.29, 1.82) is 0 Å². The summed E-state index contributed by atoms with van der Waals surface area (Å²) in [4.78, 5) is 23.3. The van der Waals surface area contributed by atoms with E-state index in [9.17, 15) is 13.2 Å². The van der Waals surface area contributed by atoms with Crippen molar-refractivity contribution in [2.24, 2.45) is 5.10 Å². The molecule has 11 nitrogen and oxygen atoms in total. The highest BCUT2D eigenvalue weighted by Gasteiger charge is 2.31. The van der Waals surface area contributed by atoms with Gasteiger partial charge in [-0.3, -0.25) is 9.80 Å². The summed E-state index contributed by atoms with van der Waals surface area (Å²) in [7, 11) is -3.52. The van der Waals surface area contributed by atoms with Crippen LogP contribution < -0.4 is 4.74 Å². The fraction of sp³-hybridized carbons (Fsp3) is 0.440. The number of sulfone groups is 1. The lowest BCUT2D eigenvalue weighted by Gasteiger charge is -2.25. The van der Waals surface area contributed by atoms with Crippen molar-refractivity contribution in [3.63, 3.8) is 0 Å². The Hall–Kier alpha value is -2.97. The molecule has 0 unspecified atom stereocenters. The van der Waals surface area contributed by atoms with Crippen molar-refractivity contribution in [2.75, 3.05) is 52.7 Å². The van der Waals surface area contributed by atoms with Gasteiger partial charge in [-0.15, -0.1) is 0 Å². The molecule has 1 aromatic carbocycles. The highest BCUT2D eigenvalue weighted by Crippen LogP contribution is 2.25. The number of aliphatic hydroxyl groups excluding tert-OH is 1. The number of ether oxygens (including phenoxy) is 3. The number of pyridine rings is 1. The van der Waals surface area contributed by atoms with E-state index in [1.54, 1.807) is 29.3 Å². The predicted octanol–water partition coefficient (Wildman–Crippen LogP) is 1.47. The van der Waals surface area contributed by atoms with Crippen molar-refractivity contribution in [3.05, 3.63) is 47.0 Å². The number of aromatic nitrogens is 2. The Morgan fingerprint density at radius 1 is 1.11 bits per heavy atom. The van der Waals surface area contributed by atoms with E-state index < -0.39 is 15.1 Å². The first-order chi connectivity index (χ1) is 18.4. The molecule has 0 radical (unpaired) electrons. The van der Waals surface area contributed by atoms with Crippen LogP contribution >= 0.6 is 11.3 Å². The van der Waals surface area contributed by atoms with Gasteiger partial charge in [0.25, 0.3) is 0 Å². The number of nitrogens with zero attached hydrogens (tertiary/aromatic N) is 4. The molecular formula is C25H28N4O7S2. The van der Waals surface area contributed by atoms with Gasteiger partial charge < -0.3 is 19.3 Å². The van der Waals surface area contributed by atoms with Gasteiger partial charge in [-0.2, -0.15) is 5.10 Å². The van der Waals surface area contributed by atoms with Crippen LogP contribution in [-0.2, 0) is 30.5 Å². The topological polar surface area (TPSA) is 141 Å². The third-order valence-electron chi connectivity index (χ3n) is 6.20. The molecular weight excluding hydrogens is 532 g/mol. The van der Waals surface area contributed by atoms with Crippen LogP contribution in [0.5, 0.6) is 5.88 Å². The third-order valence-corrected chi connectivity index (χ3v) is 9.35. The molecule has 2 saturated heterocycles. The lowest BCUT2D eigenvalue weighted by Crippen LogP contribution is -2.34. The molecule has 2 aliphatic heterocycles. The second-order valence-corrected chi connectivity index (χ2v) is 12.1. The lowest BCUT2D eigenvalue weighted by molar-refractivity contribution is -0.112. The van der Waals surface area contributed by atoms with Crippen LogP contribution in [0, 0.1) is 0 Å². The summed E-state index contributed by atoms with van der Waals surface area (Å²) in [5.74, 6) is 0.133. The number of ketones is 1. The molecule has 0 amide bonds. The van der Waals surface area contributed by atoms with Crippen LogP contribution in [0.15, 0.2) is 46.4 Å². The van der Waals surface area contributed by atoms with Crippen LogP contribution in [0.2, 0.25) is 0 Å². The summed E-state index contributed by atoms with van der Waals surface area (Å²) in [5, 5.41) is 15.4. The molecule has 0 spiro atoms. The number of carbonyl (C=O) groups excluding carboxylic acids is 1.